The molecule has 3 saturated heterocycles. The molecule has 2 aromatic rings. The number of anilines is 3. The second-order valence-electron chi connectivity index (χ2n) is 13.7. The van der Waals surface area contributed by atoms with Crippen molar-refractivity contribution in [1.29, 1.82) is 0 Å². The summed E-state index contributed by atoms with van der Waals surface area (Å²) in [5, 5.41) is 6.32. The summed E-state index contributed by atoms with van der Waals surface area (Å²) >= 11 is 0. The zero-order chi connectivity index (χ0) is 30.4. The van der Waals surface area contributed by atoms with E-state index in [0.717, 1.165) is 86.0 Å². The van der Waals surface area contributed by atoms with Crippen LogP contribution >= 0.6 is 0 Å². The van der Waals surface area contributed by atoms with Gasteiger partial charge in [-0.2, -0.15) is 0 Å². The van der Waals surface area contributed by atoms with Gasteiger partial charge in [0.25, 0.3) is 0 Å². The number of carbonyl (C=O) groups excluding carboxylic acids is 2. The van der Waals surface area contributed by atoms with Gasteiger partial charge in [0.05, 0.1) is 18.8 Å². The lowest BCUT2D eigenvalue weighted by Gasteiger charge is -2.30. The molecular formula is C33H46N6O4. The second-order valence-corrected chi connectivity index (χ2v) is 13.7. The minimum atomic E-state index is -0.537. The Morgan fingerprint density at radius 2 is 1.81 bits per heavy atom. The maximum atomic E-state index is 13.1. The van der Waals surface area contributed by atoms with E-state index in [0.29, 0.717) is 31.6 Å². The van der Waals surface area contributed by atoms with Gasteiger partial charge in [-0.15, -0.1) is 0 Å². The highest BCUT2D eigenvalue weighted by atomic mass is 16.6. The first-order valence-corrected chi connectivity index (χ1v) is 15.8. The minimum Gasteiger partial charge on any atom is -0.444 e. The average Bonchev–Trinajstić information content (AvgIpc) is 3.28. The normalized spacial score (nSPS) is 25.0. The van der Waals surface area contributed by atoms with Crippen LogP contribution in [0.3, 0.4) is 0 Å². The first kappa shape index (κ1) is 29.5. The number of alkyl carbamates (subject to hydrolysis) is 1. The summed E-state index contributed by atoms with van der Waals surface area (Å²) in [4.78, 5) is 37.3. The SMILES string of the molecule is CC[C@@H]1CCN(C(=O)Nc2ccc(C)c(-c3cc(N4CCOCC4)nc(N4CC5C[C@@]5(NC(=O)OC(C)(C)C)C4)c3)c2)C1. The molecule has 3 amide bonds. The summed E-state index contributed by atoms with van der Waals surface area (Å²) in [6.45, 7) is 16.0. The van der Waals surface area contributed by atoms with E-state index in [2.05, 4.69) is 58.5 Å². The molecule has 0 spiro atoms. The van der Waals surface area contributed by atoms with Crippen LogP contribution in [-0.2, 0) is 9.47 Å². The van der Waals surface area contributed by atoms with Gasteiger partial charge in [0, 0.05) is 50.9 Å². The molecule has 4 aliphatic rings. The van der Waals surface area contributed by atoms with Crippen LogP contribution < -0.4 is 20.4 Å². The van der Waals surface area contributed by atoms with Crippen LogP contribution in [0.1, 0.15) is 52.5 Å². The molecule has 3 atom stereocenters. The molecule has 1 aromatic heterocycles. The fourth-order valence-electron chi connectivity index (χ4n) is 6.70. The monoisotopic (exact) mass is 590 g/mol. The lowest BCUT2D eigenvalue weighted by molar-refractivity contribution is 0.0498. The number of urea groups is 1. The molecule has 1 saturated carbocycles. The van der Waals surface area contributed by atoms with E-state index in [1.54, 1.807) is 0 Å². The number of morpholine rings is 1. The molecular weight excluding hydrogens is 544 g/mol. The number of benzene rings is 1. The van der Waals surface area contributed by atoms with Crippen LogP contribution in [0.15, 0.2) is 30.3 Å². The maximum Gasteiger partial charge on any atom is 0.408 e. The molecule has 6 rings (SSSR count). The molecule has 0 bridgehead atoms. The summed E-state index contributed by atoms with van der Waals surface area (Å²) in [6.07, 6.45) is 2.76. The number of pyridine rings is 1. The first-order valence-electron chi connectivity index (χ1n) is 15.8. The van der Waals surface area contributed by atoms with Crippen molar-refractivity contribution in [2.45, 2.75) is 65.0 Å². The number of ether oxygens (including phenoxy) is 2. The van der Waals surface area contributed by atoms with Gasteiger partial charge < -0.3 is 34.8 Å². The number of carbonyl (C=O) groups is 2. The number of fused-ring (bicyclic) bond motifs is 1. The lowest BCUT2D eigenvalue weighted by atomic mass is 10.00. The molecule has 2 N–H and O–H groups in total. The van der Waals surface area contributed by atoms with Gasteiger partial charge in [-0.1, -0.05) is 19.4 Å². The third-order valence-corrected chi connectivity index (χ3v) is 9.30. The first-order chi connectivity index (χ1) is 20.5. The molecule has 3 aliphatic heterocycles. The topological polar surface area (TPSA) is 99.3 Å². The Morgan fingerprint density at radius 3 is 2.51 bits per heavy atom. The highest BCUT2D eigenvalue weighted by molar-refractivity contribution is 5.91. The van der Waals surface area contributed by atoms with Crippen molar-refractivity contribution >= 4 is 29.4 Å². The molecule has 1 unspecified atom stereocenters. The predicted molar refractivity (Wildman–Crippen MR) is 169 cm³/mol. The highest BCUT2D eigenvalue weighted by Crippen LogP contribution is 2.51. The molecule has 4 fully saturated rings. The van der Waals surface area contributed by atoms with E-state index in [1.807, 2.05) is 31.7 Å². The molecule has 10 heteroatoms. The fraction of sp³-hybridized carbons (Fsp3) is 0.606. The van der Waals surface area contributed by atoms with Crippen LogP contribution in [0.2, 0.25) is 0 Å². The summed E-state index contributed by atoms with van der Waals surface area (Å²) in [7, 11) is 0. The fourth-order valence-corrected chi connectivity index (χ4v) is 6.70. The smallest absolute Gasteiger partial charge is 0.408 e. The number of hydrogen-bond acceptors (Lipinski definition) is 7. The maximum absolute atomic E-state index is 13.1. The number of nitrogens with one attached hydrogen (secondary N) is 2. The van der Waals surface area contributed by atoms with Crippen LogP contribution in [-0.4, -0.2) is 85.6 Å². The quantitative estimate of drug-likeness (QED) is 0.474. The Balaban J connectivity index is 1.26. The van der Waals surface area contributed by atoms with Gasteiger partial charge in [-0.25, -0.2) is 14.6 Å². The lowest BCUT2D eigenvalue weighted by Crippen LogP contribution is -2.44. The molecule has 232 valence electrons. The summed E-state index contributed by atoms with van der Waals surface area (Å²) in [5.41, 5.74) is 3.23. The van der Waals surface area contributed by atoms with Gasteiger partial charge in [0.2, 0.25) is 0 Å². The highest BCUT2D eigenvalue weighted by Gasteiger charge is 2.61. The zero-order valence-electron chi connectivity index (χ0n) is 26.2. The van der Waals surface area contributed by atoms with E-state index in [-0.39, 0.29) is 17.7 Å². The Bertz CT molecular complexity index is 1370. The molecule has 10 nitrogen and oxygen atoms in total. The van der Waals surface area contributed by atoms with Crippen molar-refractivity contribution in [2.24, 2.45) is 11.8 Å². The van der Waals surface area contributed by atoms with Gasteiger partial charge >= 0.3 is 12.1 Å². The molecule has 1 aromatic carbocycles. The van der Waals surface area contributed by atoms with Crippen molar-refractivity contribution in [1.82, 2.24) is 15.2 Å². The number of amides is 3. The molecule has 0 radical (unpaired) electrons. The van der Waals surface area contributed by atoms with Gasteiger partial charge in [-0.3, -0.25) is 0 Å². The number of nitrogens with zero attached hydrogens (tertiary/aromatic N) is 4. The Morgan fingerprint density at radius 1 is 1.07 bits per heavy atom. The van der Waals surface area contributed by atoms with Gasteiger partial charge in [-0.05, 0) is 87.4 Å². The third kappa shape index (κ3) is 6.54. The number of aromatic nitrogens is 1. The van der Waals surface area contributed by atoms with Crippen LogP contribution in [0.25, 0.3) is 11.1 Å². The zero-order valence-corrected chi connectivity index (χ0v) is 26.2. The average molecular weight is 591 g/mol. The summed E-state index contributed by atoms with van der Waals surface area (Å²) in [5.74, 6) is 2.77. The molecule has 4 heterocycles. The molecule has 43 heavy (non-hydrogen) atoms. The third-order valence-electron chi connectivity index (χ3n) is 9.30. The van der Waals surface area contributed by atoms with Crippen molar-refractivity contribution in [2.75, 3.05) is 67.6 Å². The summed E-state index contributed by atoms with van der Waals surface area (Å²) < 4.78 is 11.2. The van der Waals surface area contributed by atoms with Crippen molar-refractivity contribution in [3.8, 4) is 11.1 Å². The molecule has 1 aliphatic carbocycles. The number of hydrogen-bond donors (Lipinski definition) is 2. The van der Waals surface area contributed by atoms with Gasteiger partial charge in [0.15, 0.2) is 0 Å². The van der Waals surface area contributed by atoms with Crippen LogP contribution in [0.4, 0.5) is 26.9 Å². The van der Waals surface area contributed by atoms with Crippen molar-refractivity contribution < 1.29 is 19.1 Å². The van der Waals surface area contributed by atoms with E-state index in [1.165, 1.54) is 0 Å². The Hall–Kier alpha value is -3.53. The van der Waals surface area contributed by atoms with Crippen molar-refractivity contribution in [3.63, 3.8) is 0 Å². The standard InChI is InChI=1S/C33H46N6O4/c1-6-23-9-10-38(19-23)30(40)34-26-8-7-22(2)27(17-26)24-15-28(37-11-13-42-14-12-37)35-29(16-24)39-20-25-18-33(25,21-39)36-31(41)43-32(3,4)5/h7-8,15-17,23,25H,6,9-14,18-21H2,1-5H3,(H,34,40)(H,36,41)/t23-,25?,33-/m1/s1. The number of aryl methyl sites for hydroxylation is 1. The van der Waals surface area contributed by atoms with Crippen LogP contribution in [0.5, 0.6) is 0 Å². The van der Waals surface area contributed by atoms with Crippen LogP contribution in [0, 0.1) is 18.8 Å². The van der Waals surface area contributed by atoms with E-state index < -0.39 is 5.60 Å². The van der Waals surface area contributed by atoms with Crippen molar-refractivity contribution in [3.05, 3.63) is 35.9 Å². The minimum absolute atomic E-state index is 0.0331. The Kier molecular flexibility index (Phi) is 7.91. The largest absolute Gasteiger partial charge is 0.444 e. The van der Waals surface area contributed by atoms with E-state index >= 15 is 0 Å². The Labute approximate surface area is 255 Å². The summed E-state index contributed by atoms with van der Waals surface area (Å²) in [6, 6.07) is 10.4. The predicted octanol–water partition coefficient (Wildman–Crippen LogP) is 5.26. The van der Waals surface area contributed by atoms with E-state index in [9.17, 15) is 9.59 Å². The number of rotatable bonds is 6. The van der Waals surface area contributed by atoms with E-state index in [4.69, 9.17) is 14.5 Å². The number of likely N-dealkylation sites (tertiary alicyclic amines) is 1. The number of piperidine rings is 1. The van der Waals surface area contributed by atoms with Gasteiger partial charge in [0.1, 0.15) is 17.2 Å². The second kappa shape index (κ2) is 11.5.